The van der Waals surface area contributed by atoms with Crippen LogP contribution in [0.2, 0.25) is 0 Å². The highest BCUT2D eigenvalue weighted by Gasteiger charge is 2.23. The van der Waals surface area contributed by atoms with E-state index in [9.17, 15) is 8.42 Å². The smallest absolute Gasteiger partial charge is 0.249 e. The second-order valence-corrected chi connectivity index (χ2v) is 6.93. The van der Waals surface area contributed by atoms with Crippen molar-refractivity contribution < 1.29 is 8.42 Å². The van der Waals surface area contributed by atoms with E-state index in [0.29, 0.717) is 10.2 Å². The standard InChI is InChI=1S/C10H10Br2N2O2S/c1-2-8(6-13)17(15,16)14-10-5-7(11)3-4-9(10)12/h3-5,8,14H,2H2,1H3. The minimum atomic E-state index is -3.68. The fourth-order valence-electron chi connectivity index (χ4n) is 1.18. The molecule has 92 valence electrons. The maximum Gasteiger partial charge on any atom is 0.249 e. The molecule has 0 radical (unpaired) electrons. The van der Waals surface area contributed by atoms with Crippen molar-refractivity contribution in [2.45, 2.75) is 18.6 Å². The van der Waals surface area contributed by atoms with Gasteiger partial charge in [0.2, 0.25) is 10.0 Å². The van der Waals surface area contributed by atoms with Crippen molar-refractivity contribution >= 4 is 47.6 Å². The van der Waals surface area contributed by atoms with Crippen LogP contribution in [-0.4, -0.2) is 13.7 Å². The van der Waals surface area contributed by atoms with Gasteiger partial charge in [-0.15, -0.1) is 0 Å². The first kappa shape index (κ1) is 14.5. The summed E-state index contributed by atoms with van der Waals surface area (Å²) in [5, 5.41) is 7.73. The molecule has 1 unspecified atom stereocenters. The first-order valence-corrected chi connectivity index (χ1v) is 7.90. The maximum atomic E-state index is 11.9. The van der Waals surface area contributed by atoms with Gasteiger partial charge in [-0.05, 0) is 40.5 Å². The van der Waals surface area contributed by atoms with Crippen molar-refractivity contribution in [2.24, 2.45) is 0 Å². The summed E-state index contributed by atoms with van der Waals surface area (Å²) >= 11 is 6.50. The minimum absolute atomic E-state index is 0.247. The van der Waals surface area contributed by atoms with E-state index in [1.54, 1.807) is 31.2 Å². The molecule has 0 saturated heterocycles. The van der Waals surface area contributed by atoms with E-state index in [1.165, 1.54) is 0 Å². The molecule has 0 spiro atoms. The molecule has 0 aliphatic rings. The average Bonchev–Trinajstić information content (AvgIpc) is 2.24. The van der Waals surface area contributed by atoms with E-state index >= 15 is 0 Å². The number of rotatable bonds is 4. The van der Waals surface area contributed by atoms with Crippen molar-refractivity contribution in [3.05, 3.63) is 27.1 Å². The van der Waals surface area contributed by atoms with Crippen LogP contribution in [0.15, 0.2) is 27.1 Å². The number of halogens is 2. The number of nitrogens with zero attached hydrogens (tertiary/aromatic N) is 1. The number of sulfonamides is 1. The van der Waals surface area contributed by atoms with Crippen LogP contribution in [-0.2, 0) is 10.0 Å². The van der Waals surface area contributed by atoms with Crippen molar-refractivity contribution in [1.82, 2.24) is 0 Å². The predicted octanol–water partition coefficient (Wildman–Crippen LogP) is 3.26. The molecule has 0 saturated carbocycles. The molecule has 0 aliphatic heterocycles. The maximum absolute atomic E-state index is 11.9. The fraction of sp³-hybridized carbons (Fsp3) is 0.300. The van der Waals surface area contributed by atoms with Crippen molar-refractivity contribution in [3.8, 4) is 6.07 Å². The van der Waals surface area contributed by atoms with E-state index in [-0.39, 0.29) is 6.42 Å². The van der Waals surface area contributed by atoms with Gasteiger partial charge in [-0.1, -0.05) is 22.9 Å². The first-order valence-electron chi connectivity index (χ1n) is 4.77. The first-order chi connectivity index (χ1) is 7.90. The molecule has 0 amide bonds. The molecule has 0 heterocycles. The lowest BCUT2D eigenvalue weighted by atomic mass is 10.3. The van der Waals surface area contributed by atoms with Gasteiger partial charge in [0, 0.05) is 8.95 Å². The summed E-state index contributed by atoms with van der Waals surface area (Å²) in [5.74, 6) is 0. The number of hydrogen-bond donors (Lipinski definition) is 1. The minimum Gasteiger partial charge on any atom is -0.281 e. The quantitative estimate of drug-likeness (QED) is 0.869. The molecular formula is C10H10Br2N2O2S. The van der Waals surface area contributed by atoms with Crippen LogP contribution in [0.25, 0.3) is 0 Å². The third-order valence-electron chi connectivity index (χ3n) is 2.07. The van der Waals surface area contributed by atoms with E-state index in [1.807, 2.05) is 0 Å². The van der Waals surface area contributed by atoms with Crippen molar-refractivity contribution in [3.63, 3.8) is 0 Å². The lowest BCUT2D eigenvalue weighted by Gasteiger charge is -2.12. The summed E-state index contributed by atoms with van der Waals surface area (Å²) in [6, 6.07) is 6.90. The molecule has 1 N–H and O–H groups in total. The number of benzene rings is 1. The van der Waals surface area contributed by atoms with Gasteiger partial charge in [0.05, 0.1) is 11.8 Å². The van der Waals surface area contributed by atoms with E-state index in [0.717, 1.165) is 4.47 Å². The molecule has 0 aliphatic carbocycles. The van der Waals surface area contributed by atoms with Gasteiger partial charge in [0.25, 0.3) is 0 Å². The Labute approximate surface area is 117 Å². The van der Waals surface area contributed by atoms with Crippen LogP contribution in [0.1, 0.15) is 13.3 Å². The van der Waals surface area contributed by atoms with Gasteiger partial charge in [-0.3, -0.25) is 4.72 Å². The zero-order valence-corrected chi connectivity index (χ0v) is 12.9. The Hall–Kier alpha value is -0.580. The highest BCUT2D eigenvalue weighted by Crippen LogP contribution is 2.27. The second kappa shape index (κ2) is 5.85. The number of hydrogen-bond acceptors (Lipinski definition) is 3. The lowest BCUT2D eigenvalue weighted by Crippen LogP contribution is -2.26. The third-order valence-corrected chi connectivity index (χ3v) is 4.95. The lowest BCUT2D eigenvalue weighted by molar-refractivity contribution is 0.593. The number of anilines is 1. The monoisotopic (exact) mass is 380 g/mol. The molecule has 17 heavy (non-hydrogen) atoms. The molecule has 1 aromatic carbocycles. The molecular weight excluding hydrogens is 372 g/mol. The molecule has 1 aromatic rings. The Morgan fingerprint density at radius 1 is 1.47 bits per heavy atom. The van der Waals surface area contributed by atoms with E-state index in [4.69, 9.17) is 5.26 Å². The number of nitriles is 1. The fourth-order valence-corrected chi connectivity index (χ4v) is 3.21. The number of nitrogens with one attached hydrogen (secondary N) is 1. The summed E-state index contributed by atoms with van der Waals surface area (Å²) in [4.78, 5) is 0. The van der Waals surface area contributed by atoms with Gasteiger partial charge in [0.1, 0.15) is 0 Å². The SMILES string of the molecule is CCC(C#N)S(=O)(=O)Nc1cc(Br)ccc1Br. The molecule has 0 bridgehead atoms. The van der Waals surface area contributed by atoms with Crippen molar-refractivity contribution in [2.75, 3.05) is 4.72 Å². The summed E-state index contributed by atoms with van der Waals surface area (Å²) in [5.41, 5.74) is 0.410. The van der Waals surface area contributed by atoms with Crippen LogP contribution in [0.4, 0.5) is 5.69 Å². The average molecular weight is 382 g/mol. The third kappa shape index (κ3) is 3.69. The Kier molecular flexibility index (Phi) is 4.98. The second-order valence-electron chi connectivity index (χ2n) is 3.30. The topological polar surface area (TPSA) is 70.0 Å². The summed E-state index contributed by atoms with van der Waals surface area (Å²) in [6.45, 7) is 1.66. The zero-order chi connectivity index (χ0) is 13.1. The summed E-state index contributed by atoms with van der Waals surface area (Å²) in [7, 11) is -3.68. The van der Waals surface area contributed by atoms with Crippen LogP contribution in [0.3, 0.4) is 0 Å². The van der Waals surface area contributed by atoms with Gasteiger partial charge >= 0.3 is 0 Å². The Bertz CT molecular complexity index is 552. The zero-order valence-electron chi connectivity index (χ0n) is 8.94. The largest absolute Gasteiger partial charge is 0.281 e. The molecule has 7 heteroatoms. The highest BCUT2D eigenvalue weighted by atomic mass is 79.9. The van der Waals surface area contributed by atoms with Crippen LogP contribution in [0, 0.1) is 11.3 Å². The molecule has 0 aromatic heterocycles. The summed E-state index contributed by atoms with van der Waals surface area (Å²) < 4.78 is 27.5. The molecule has 1 rings (SSSR count). The van der Waals surface area contributed by atoms with E-state index in [2.05, 4.69) is 36.6 Å². The molecule has 0 fully saturated rings. The predicted molar refractivity (Wildman–Crippen MR) is 74.1 cm³/mol. The van der Waals surface area contributed by atoms with Crippen LogP contribution >= 0.6 is 31.9 Å². The van der Waals surface area contributed by atoms with E-state index < -0.39 is 15.3 Å². The van der Waals surface area contributed by atoms with Gasteiger partial charge in [-0.2, -0.15) is 5.26 Å². The normalized spacial score (nSPS) is 12.8. The van der Waals surface area contributed by atoms with Gasteiger partial charge in [-0.25, -0.2) is 8.42 Å². The Balaban J connectivity index is 3.06. The Morgan fingerprint density at radius 2 is 2.12 bits per heavy atom. The van der Waals surface area contributed by atoms with Gasteiger partial charge < -0.3 is 0 Å². The van der Waals surface area contributed by atoms with Crippen molar-refractivity contribution in [1.29, 1.82) is 5.26 Å². The Morgan fingerprint density at radius 3 is 2.65 bits per heavy atom. The van der Waals surface area contributed by atoms with Crippen LogP contribution < -0.4 is 4.72 Å². The van der Waals surface area contributed by atoms with Crippen LogP contribution in [0.5, 0.6) is 0 Å². The molecule has 1 atom stereocenters. The van der Waals surface area contributed by atoms with Gasteiger partial charge in [0.15, 0.2) is 5.25 Å². The summed E-state index contributed by atoms with van der Waals surface area (Å²) in [6.07, 6.45) is 0.247. The molecule has 4 nitrogen and oxygen atoms in total. The highest BCUT2D eigenvalue weighted by molar-refractivity contribution is 9.11.